The number of amides is 1. The van der Waals surface area contributed by atoms with E-state index in [1.165, 1.54) is 5.56 Å². The minimum absolute atomic E-state index is 0.0964. The van der Waals surface area contributed by atoms with Crippen molar-refractivity contribution in [3.8, 4) is 0 Å². The monoisotopic (exact) mass is 347 g/mol. The zero-order valence-corrected chi connectivity index (χ0v) is 13.7. The molecule has 0 radical (unpaired) electrons. The largest absolute Gasteiger partial charge is 0.350 e. The van der Waals surface area contributed by atoms with Crippen molar-refractivity contribution in [2.24, 2.45) is 0 Å². The second-order valence-electron chi connectivity index (χ2n) is 4.97. The van der Waals surface area contributed by atoms with E-state index < -0.39 is 0 Å². The Morgan fingerprint density at radius 3 is 2.62 bits per heavy atom. The molecule has 110 valence electrons. The molecule has 1 unspecified atom stereocenters. The molecule has 0 saturated carbocycles. The summed E-state index contributed by atoms with van der Waals surface area (Å²) in [6.07, 6.45) is 1.61. The number of hydrogen-bond donors (Lipinski definition) is 1. The van der Waals surface area contributed by atoms with Gasteiger partial charge in [-0.25, -0.2) is 4.98 Å². The summed E-state index contributed by atoms with van der Waals surface area (Å²) in [4.78, 5) is 18.3. The third kappa shape index (κ3) is 4.37. The molecule has 0 bridgehead atoms. The number of benzene rings is 1. The van der Waals surface area contributed by atoms with E-state index >= 15 is 0 Å². The number of pyridine rings is 1. The number of nitrogens with one attached hydrogen (secondary N) is 1. The molecular weight excluding hydrogens is 330 g/mol. The van der Waals surface area contributed by atoms with E-state index in [1.54, 1.807) is 18.3 Å². The lowest BCUT2D eigenvalue weighted by molar-refractivity contribution is 0.0941. The molecule has 1 heterocycles. The normalized spacial score (nSPS) is 12.2. The van der Waals surface area contributed by atoms with Crippen LogP contribution in [0.2, 0.25) is 0 Å². The predicted octanol–water partition coefficient (Wildman–Crippen LogP) is 2.88. The Morgan fingerprint density at radius 1 is 1.29 bits per heavy atom. The molecule has 4 nitrogen and oxygen atoms in total. The van der Waals surface area contributed by atoms with Crippen molar-refractivity contribution in [2.45, 2.75) is 6.04 Å². The van der Waals surface area contributed by atoms with Crippen molar-refractivity contribution in [1.29, 1.82) is 0 Å². The molecule has 21 heavy (non-hydrogen) atoms. The molecule has 5 heteroatoms. The van der Waals surface area contributed by atoms with E-state index in [0.717, 1.165) is 0 Å². The minimum atomic E-state index is -0.0964. The fourth-order valence-electron chi connectivity index (χ4n) is 2.11. The summed E-state index contributed by atoms with van der Waals surface area (Å²) in [5.74, 6) is -0.0964. The van der Waals surface area contributed by atoms with Crippen LogP contribution in [0.1, 0.15) is 22.0 Å². The molecular formula is C16H18BrN3O. The number of aromatic nitrogens is 1. The van der Waals surface area contributed by atoms with Gasteiger partial charge in [0.05, 0.1) is 6.04 Å². The van der Waals surface area contributed by atoms with Gasteiger partial charge in [-0.1, -0.05) is 30.3 Å². The van der Waals surface area contributed by atoms with Gasteiger partial charge in [0, 0.05) is 18.3 Å². The average Bonchev–Trinajstić information content (AvgIpc) is 2.48. The highest BCUT2D eigenvalue weighted by atomic mass is 79.9. The molecule has 0 aliphatic carbocycles. The average molecular weight is 348 g/mol. The lowest BCUT2D eigenvalue weighted by Gasteiger charge is -2.25. The molecule has 1 amide bonds. The van der Waals surface area contributed by atoms with Crippen LogP contribution in [0.5, 0.6) is 0 Å². The Balaban J connectivity index is 2.04. The van der Waals surface area contributed by atoms with Gasteiger partial charge in [-0.05, 0) is 47.7 Å². The highest BCUT2D eigenvalue weighted by molar-refractivity contribution is 9.10. The predicted molar refractivity (Wildman–Crippen MR) is 87.1 cm³/mol. The van der Waals surface area contributed by atoms with Crippen LogP contribution in [0.25, 0.3) is 0 Å². The third-order valence-corrected chi connectivity index (χ3v) is 3.69. The third-order valence-electron chi connectivity index (χ3n) is 3.25. The Bertz CT molecular complexity index is 601. The van der Waals surface area contributed by atoms with Gasteiger partial charge < -0.3 is 10.2 Å². The van der Waals surface area contributed by atoms with Crippen molar-refractivity contribution in [3.63, 3.8) is 0 Å². The Hall–Kier alpha value is -1.72. The van der Waals surface area contributed by atoms with Gasteiger partial charge in [-0.2, -0.15) is 0 Å². The van der Waals surface area contributed by atoms with Gasteiger partial charge in [0.15, 0.2) is 0 Å². The minimum Gasteiger partial charge on any atom is -0.350 e. The number of rotatable bonds is 5. The Morgan fingerprint density at radius 2 is 2.00 bits per heavy atom. The molecule has 0 aliphatic rings. The topological polar surface area (TPSA) is 45.2 Å². The summed E-state index contributed by atoms with van der Waals surface area (Å²) in [5, 5.41) is 2.98. The molecule has 1 N–H and O–H groups in total. The summed E-state index contributed by atoms with van der Waals surface area (Å²) >= 11 is 3.27. The van der Waals surface area contributed by atoms with Crippen LogP contribution in [0.3, 0.4) is 0 Å². The van der Waals surface area contributed by atoms with Crippen LogP contribution in [0.4, 0.5) is 0 Å². The maximum atomic E-state index is 12.2. The Labute approximate surface area is 133 Å². The van der Waals surface area contributed by atoms with Gasteiger partial charge in [0.2, 0.25) is 0 Å². The van der Waals surface area contributed by atoms with Crippen LogP contribution in [0.15, 0.2) is 53.3 Å². The fraction of sp³-hybridized carbons (Fsp3) is 0.250. The smallest absolute Gasteiger partial charge is 0.251 e. The number of carbonyl (C=O) groups excluding carboxylic acids is 1. The maximum absolute atomic E-state index is 12.2. The van der Waals surface area contributed by atoms with E-state index in [-0.39, 0.29) is 11.9 Å². The number of halogens is 1. The van der Waals surface area contributed by atoms with Crippen LogP contribution in [-0.4, -0.2) is 36.4 Å². The fourth-order valence-corrected chi connectivity index (χ4v) is 2.47. The van der Waals surface area contributed by atoms with Crippen molar-refractivity contribution in [3.05, 3.63) is 64.4 Å². The van der Waals surface area contributed by atoms with Gasteiger partial charge in [0.1, 0.15) is 4.60 Å². The van der Waals surface area contributed by atoms with Crippen LogP contribution >= 0.6 is 15.9 Å². The maximum Gasteiger partial charge on any atom is 0.251 e. The van der Waals surface area contributed by atoms with Gasteiger partial charge in [-0.3, -0.25) is 4.79 Å². The number of carbonyl (C=O) groups is 1. The second-order valence-corrected chi connectivity index (χ2v) is 5.78. The first kappa shape index (κ1) is 15.7. The molecule has 1 aromatic carbocycles. The van der Waals surface area contributed by atoms with Gasteiger partial charge in [0.25, 0.3) is 5.91 Å². The standard InChI is InChI=1S/C16H18BrN3O/c1-20(2)14(12-6-4-3-5-7-12)11-19-16(21)13-8-9-18-15(17)10-13/h3-10,14H,11H2,1-2H3,(H,19,21). The first-order valence-corrected chi connectivity index (χ1v) is 7.48. The summed E-state index contributed by atoms with van der Waals surface area (Å²) in [6, 6.07) is 13.7. The van der Waals surface area contributed by atoms with Crippen LogP contribution in [-0.2, 0) is 0 Å². The van der Waals surface area contributed by atoms with Gasteiger partial charge in [-0.15, -0.1) is 0 Å². The molecule has 1 atom stereocenters. The molecule has 2 aromatic rings. The highest BCUT2D eigenvalue weighted by Crippen LogP contribution is 2.17. The molecule has 0 saturated heterocycles. The van der Waals surface area contributed by atoms with Crippen LogP contribution < -0.4 is 5.32 Å². The van der Waals surface area contributed by atoms with E-state index in [4.69, 9.17) is 0 Å². The quantitative estimate of drug-likeness (QED) is 0.846. The summed E-state index contributed by atoms with van der Waals surface area (Å²) in [7, 11) is 4.01. The van der Waals surface area contributed by atoms with Crippen molar-refractivity contribution in [2.75, 3.05) is 20.6 Å². The van der Waals surface area contributed by atoms with E-state index in [2.05, 4.69) is 43.3 Å². The molecule has 0 aliphatic heterocycles. The van der Waals surface area contributed by atoms with Crippen LogP contribution in [0, 0.1) is 0 Å². The summed E-state index contributed by atoms with van der Waals surface area (Å²) in [6.45, 7) is 0.551. The number of hydrogen-bond acceptors (Lipinski definition) is 3. The van der Waals surface area contributed by atoms with E-state index in [9.17, 15) is 4.79 Å². The number of likely N-dealkylation sites (N-methyl/N-ethyl adjacent to an activating group) is 1. The molecule has 0 spiro atoms. The molecule has 0 fully saturated rings. The van der Waals surface area contributed by atoms with E-state index in [1.807, 2.05) is 32.3 Å². The number of nitrogens with zero attached hydrogens (tertiary/aromatic N) is 2. The lowest BCUT2D eigenvalue weighted by Crippen LogP contribution is -2.34. The molecule has 2 rings (SSSR count). The zero-order valence-electron chi connectivity index (χ0n) is 12.1. The summed E-state index contributed by atoms with van der Waals surface area (Å²) < 4.78 is 0.655. The SMILES string of the molecule is CN(C)C(CNC(=O)c1ccnc(Br)c1)c1ccccc1. The van der Waals surface area contributed by atoms with Crippen molar-refractivity contribution >= 4 is 21.8 Å². The first-order valence-electron chi connectivity index (χ1n) is 6.69. The van der Waals surface area contributed by atoms with Gasteiger partial charge >= 0.3 is 0 Å². The van der Waals surface area contributed by atoms with Crippen molar-refractivity contribution < 1.29 is 4.79 Å². The second kappa shape index (κ2) is 7.33. The molecule has 1 aromatic heterocycles. The zero-order chi connectivity index (χ0) is 15.2. The summed E-state index contributed by atoms with van der Waals surface area (Å²) in [5.41, 5.74) is 1.78. The first-order chi connectivity index (χ1) is 10.1. The highest BCUT2D eigenvalue weighted by Gasteiger charge is 2.15. The van der Waals surface area contributed by atoms with E-state index in [0.29, 0.717) is 16.7 Å². The lowest BCUT2D eigenvalue weighted by atomic mass is 10.1. The Kier molecular flexibility index (Phi) is 5.47. The van der Waals surface area contributed by atoms with Crippen molar-refractivity contribution in [1.82, 2.24) is 15.2 Å².